The molecule has 0 saturated carbocycles. The van der Waals surface area contributed by atoms with Crippen LogP contribution in [0.25, 0.3) is 10.4 Å². The summed E-state index contributed by atoms with van der Waals surface area (Å²) >= 11 is 0. The average Bonchev–Trinajstić information content (AvgIpc) is 3.05. The maximum Gasteiger partial charge on any atom is 0.351 e. The molecule has 2 N–H and O–H groups in total. The molecular weight excluding hydrogens is 500 g/mol. The van der Waals surface area contributed by atoms with Gasteiger partial charge in [0.2, 0.25) is 5.72 Å². The monoisotopic (exact) mass is 530 g/mol. The van der Waals surface area contributed by atoms with Gasteiger partial charge in [0, 0.05) is 11.1 Å². The number of aromatic nitrogens is 2. The van der Waals surface area contributed by atoms with Crippen molar-refractivity contribution in [1.29, 1.82) is 0 Å². The summed E-state index contributed by atoms with van der Waals surface area (Å²) in [4.78, 5) is 56.4. The average molecular weight is 531 g/mol. The van der Waals surface area contributed by atoms with Gasteiger partial charge in [-0.1, -0.05) is 46.7 Å². The van der Waals surface area contributed by atoms with Crippen LogP contribution >= 0.6 is 12.4 Å². The van der Waals surface area contributed by atoms with Gasteiger partial charge >= 0.3 is 23.6 Å². The number of hydrogen-bond donors (Lipinski definition) is 1. The molecule has 0 unspecified atom stereocenters. The molecule has 200 valence electrons. The Morgan fingerprint density at radius 3 is 2.19 bits per heavy atom. The zero-order valence-corrected chi connectivity index (χ0v) is 21.6. The van der Waals surface area contributed by atoms with Crippen molar-refractivity contribution in [3.05, 3.63) is 33.2 Å². The van der Waals surface area contributed by atoms with Crippen LogP contribution in [0.5, 0.6) is 0 Å². The molecule has 0 spiro atoms. The minimum absolute atomic E-state index is 0. The molecule has 14 nitrogen and oxygen atoms in total. The topological polar surface area (TPSA) is 198 Å². The van der Waals surface area contributed by atoms with E-state index in [0.717, 1.165) is 4.57 Å². The second kappa shape index (κ2) is 12.6. The molecule has 0 amide bonds. The van der Waals surface area contributed by atoms with Crippen LogP contribution in [0, 0.1) is 17.8 Å². The normalized spacial score (nSPS) is 23.1. The molecule has 1 aromatic rings. The summed E-state index contributed by atoms with van der Waals surface area (Å²) in [5.41, 5.74) is 11.9. The number of azide groups is 1. The number of ether oxygens (including phenoxy) is 4. The minimum Gasteiger partial charge on any atom is -0.462 e. The van der Waals surface area contributed by atoms with E-state index >= 15 is 0 Å². The van der Waals surface area contributed by atoms with E-state index in [0.29, 0.717) is 0 Å². The van der Waals surface area contributed by atoms with Crippen molar-refractivity contribution in [2.75, 3.05) is 12.3 Å². The molecule has 1 aliphatic rings. The molecule has 1 fully saturated rings. The second-order valence-corrected chi connectivity index (χ2v) is 8.92. The first-order chi connectivity index (χ1) is 16.3. The fraction of sp³-hybridized carbons (Fsp3) is 0.667. The molecule has 4 atom stereocenters. The highest BCUT2D eigenvalue weighted by atomic mass is 35.5. The number of hydrogen-bond acceptors (Lipinski definition) is 11. The van der Waals surface area contributed by atoms with Crippen molar-refractivity contribution in [1.82, 2.24) is 9.55 Å². The largest absolute Gasteiger partial charge is 0.462 e. The lowest BCUT2D eigenvalue weighted by molar-refractivity contribution is -0.182. The number of nitrogens with zero attached hydrogens (tertiary/aromatic N) is 5. The molecule has 0 aromatic carbocycles. The van der Waals surface area contributed by atoms with Crippen molar-refractivity contribution in [2.24, 2.45) is 22.9 Å². The van der Waals surface area contributed by atoms with Gasteiger partial charge in [0.15, 0.2) is 18.4 Å². The van der Waals surface area contributed by atoms with Gasteiger partial charge in [-0.2, -0.15) is 4.98 Å². The van der Waals surface area contributed by atoms with E-state index in [2.05, 4.69) is 15.0 Å². The van der Waals surface area contributed by atoms with Gasteiger partial charge in [-0.05, 0) is 11.6 Å². The molecule has 0 bridgehead atoms. The highest BCUT2D eigenvalue weighted by Gasteiger charge is 2.61. The molecule has 0 radical (unpaired) electrons. The summed E-state index contributed by atoms with van der Waals surface area (Å²) in [5.74, 6) is -3.94. The Morgan fingerprint density at radius 2 is 1.69 bits per heavy atom. The summed E-state index contributed by atoms with van der Waals surface area (Å²) in [5, 5.41) is 3.66. The van der Waals surface area contributed by atoms with E-state index in [1.54, 1.807) is 41.5 Å². The van der Waals surface area contributed by atoms with Crippen LogP contribution in [0.3, 0.4) is 0 Å². The SMILES string of the molecule is CC(C)C(=O)OC[C@@]1(N=[N+]=[N-])O[C@@H](n2ccc(N)nc2=O)[C@H](OC(=O)C(C)C)[C@@H]1OC(=O)C(C)C.Cl. The van der Waals surface area contributed by atoms with Gasteiger partial charge in [0.1, 0.15) is 12.4 Å². The second-order valence-electron chi connectivity index (χ2n) is 8.92. The van der Waals surface area contributed by atoms with Crippen LogP contribution in [-0.2, 0) is 33.3 Å². The maximum atomic E-state index is 12.6. The van der Waals surface area contributed by atoms with Crippen LogP contribution in [0.2, 0.25) is 0 Å². The van der Waals surface area contributed by atoms with Crippen LogP contribution in [0.4, 0.5) is 5.82 Å². The van der Waals surface area contributed by atoms with E-state index in [4.69, 9.17) is 24.7 Å². The fourth-order valence-corrected chi connectivity index (χ4v) is 3.04. The Bertz CT molecular complexity index is 1070. The van der Waals surface area contributed by atoms with Crippen LogP contribution in [-0.4, -0.2) is 52.0 Å². The maximum absolute atomic E-state index is 12.6. The highest BCUT2D eigenvalue weighted by molar-refractivity contribution is 5.85. The van der Waals surface area contributed by atoms with E-state index in [1.807, 2.05) is 0 Å². The van der Waals surface area contributed by atoms with E-state index < -0.39 is 72.1 Å². The van der Waals surface area contributed by atoms with E-state index in [9.17, 15) is 24.7 Å². The third kappa shape index (κ3) is 6.86. The number of carbonyl (C=O) groups is 3. The van der Waals surface area contributed by atoms with Crippen molar-refractivity contribution in [3.8, 4) is 0 Å². The third-order valence-corrected chi connectivity index (χ3v) is 5.02. The molecule has 0 aliphatic carbocycles. The minimum atomic E-state index is -2.17. The zero-order chi connectivity index (χ0) is 26.5. The summed E-state index contributed by atoms with van der Waals surface area (Å²) in [6, 6.07) is 1.30. The standard InChI is InChI=1S/C21H30N6O8.ClH/c1-10(2)17(28)32-9-21(25-26-23)15(34-19(30)12(5)6)14(33-18(29)11(3)4)16(35-21)27-8-7-13(22)24-20(27)31;/h7-8,10-12,14-16H,9H2,1-6H3,(H2,22,24,31);1H/t14-,15+,16-,21-;/m1./s1. The molecule has 1 aromatic heterocycles. The first-order valence-corrected chi connectivity index (χ1v) is 11.0. The Kier molecular flexibility index (Phi) is 10.7. The van der Waals surface area contributed by atoms with Crippen molar-refractivity contribution in [3.63, 3.8) is 0 Å². The van der Waals surface area contributed by atoms with Crippen molar-refractivity contribution >= 4 is 36.1 Å². The molecule has 1 aliphatic heterocycles. The first kappa shape index (κ1) is 30.7. The summed E-state index contributed by atoms with van der Waals surface area (Å²) in [6.07, 6.45) is -3.28. The fourth-order valence-electron chi connectivity index (χ4n) is 3.04. The Balaban J connectivity index is 0.00000648. The Labute approximate surface area is 213 Å². The Hall–Kier alpha value is -3.35. The number of rotatable bonds is 9. The summed E-state index contributed by atoms with van der Waals surface area (Å²) < 4.78 is 23.3. The highest BCUT2D eigenvalue weighted by Crippen LogP contribution is 2.42. The van der Waals surface area contributed by atoms with Gasteiger partial charge in [-0.15, -0.1) is 12.4 Å². The lowest BCUT2D eigenvalue weighted by atomic mass is 10.0. The van der Waals surface area contributed by atoms with Crippen molar-refractivity contribution in [2.45, 2.75) is 65.7 Å². The lowest BCUT2D eigenvalue weighted by Crippen LogP contribution is -2.50. The van der Waals surface area contributed by atoms with Crippen LogP contribution in [0.1, 0.15) is 47.8 Å². The number of carbonyl (C=O) groups excluding carboxylic acids is 3. The predicted molar refractivity (Wildman–Crippen MR) is 127 cm³/mol. The number of esters is 3. The number of nitrogen functional groups attached to an aromatic ring is 1. The van der Waals surface area contributed by atoms with E-state index in [-0.39, 0.29) is 18.2 Å². The van der Waals surface area contributed by atoms with Gasteiger partial charge in [-0.3, -0.25) is 19.0 Å². The third-order valence-electron chi connectivity index (χ3n) is 5.02. The lowest BCUT2D eigenvalue weighted by Gasteiger charge is -2.30. The van der Waals surface area contributed by atoms with Crippen LogP contribution < -0.4 is 11.4 Å². The molecule has 2 heterocycles. The Morgan fingerprint density at radius 1 is 1.14 bits per heavy atom. The van der Waals surface area contributed by atoms with E-state index in [1.165, 1.54) is 12.3 Å². The van der Waals surface area contributed by atoms with Gasteiger partial charge in [-0.25, -0.2) is 4.79 Å². The molecule has 2 rings (SSSR count). The van der Waals surface area contributed by atoms with Crippen molar-refractivity contribution < 1.29 is 33.3 Å². The molecule has 15 heteroatoms. The smallest absolute Gasteiger partial charge is 0.351 e. The predicted octanol–water partition coefficient (Wildman–Crippen LogP) is 2.12. The quantitative estimate of drug-likeness (QED) is 0.162. The van der Waals surface area contributed by atoms with Gasteiger partial charge in [0.25, 0.3) is 0 Å². The number of halogens is 1. The van der Waals surface area contributed by atoms with Crippen LogP contribution in [0.15, 0.2) is 22.2 Å². The molecule has 36 heavy (non-hydrogen) atoms. The molecule has 1 saturated heterocycles. The number of anilines is 1. The first-order valence-electron chi connectivity index (χ1n) is 11.0. The van der Waals surface area contributed by atoms with Gasteiger partial charge < -0.3 is 24.7 Å². The van der Waals surface area contributed by atoms with Gasteiger partial charge in [0.05, 0.1) is 17.8 Å². The zero-order valence-electron chi connectivity index (χ0n) is 20.8. The number of nitrogens with two attached hydrogens (primary N) is 1. The molecular formula is C21H31ClN6O8. The summed E-state index contributed by atoms with van der Waals surface area (Å²) in [7, 11) is 0. The summed E-state index contributed by atoms with van der Waals surface area (Å²) in [6.45, 7) is 8.76.